The van der Waals surface area contributed by atoms with Gasteiger partial charge in [-0.15, -0.1) is 0 Å². The smallest absolute Gasteiger partial charge is 1.00 e. The molecule has 7 heavy (non-hydrogen) atoms. The zero-order valence-corrected chi connectivity index (χ0v) is 9.32. The topological polar surface area (TPSA) is 54.4 Å². The molecule has 0 aromatic rings. The Morgan fingerprint density at radius 1 is 1.43 bits per heavy atom. The molecule has 0 saturated carbocycles. The second-order valence-electron chi connectivity index (χ2n) is 0.733. The summed E-state index contributed by atoms with van der Waals surface area (Å²) in [5, 5.41) is 0. The van der Waals surface area contributed by atoms with Gasteiger partial charge in [0.25, 0.3) is 10.1 Å². The van der Waals surface area contributed by atoms with Gasteiger partial charge in [-0.3, -0.25) is 4.55 Å². The third-order valence-corrected chi connectivity index (χ3v) is 0. The second-order valence-corrected chi connectivity index (χ2v) is 2.20. The minimum atomic E-state index is -3.67. The van der Waals surface area contributed by atoms with Crippen molar-refractivity contribution in [1.29, 1.82) is 0 Å². The summed E-state index contributed by atoms with van der Waals surface area (Å²) in [6, 6.07) is 0. The van der Waals surface area contributed by atoms with E-state index in [1.165, 1.54) is 0 Å². The van der Waals surface area contributed by atoms with E-state index in [1.807, 2.05) is 0 Å². The van der Waals surface area contributed by atoms with Crippen molar-refractivity contribution in [3.05, 3.63) is 0 Å². The van der Waals surface area contributed by atoms with E-state index in [9.17, 15) is 8.42 Å². The summed E-state index contributed by atoms with van der Waals surface area (Å²) in [5.74, 6) is 0. The van der Waals surface area contributed by atoms with E-state index in [0.717, 1.165) is 0 Å². The van der Waals surface area contributed by atoms with Crippen LogP contribution in [0.3, 0.4) is 0 Å². The average molecular weight is 180 g/mol. The first-order valence-corrected chi connectivity index (χ1v) is 2.77. The number of hydrogen-bond donors (Lipinski definition) is 1. The first-order chi connectivity index (χ1) is 2.00. The van der Waals surface area contributed by atoms with Gasteiger partial charge in [0.2, 0.25) is 0 Å². The van der Waals surface area contributed by atoms with E-state index in [2.05, 4.69) is 0 Å². The molecule has 3 nitrogen and oxygen atoms in total. The summed E-state index contributed by atoms with van der Waals surface area (Å²) >= 11 is 0. The quantitative estimate of drug-likeness (QED) is 0.392. The van der Waals surface area contributed by atoms with E-state index in [4.69, 9.17) is 4.55 Å². The zero-order chi connectivity index (χ0) is 4.50. The monoisotopic (exact) mass is 180 g/mol. The van der Waals surface area contributed by atoms with Gasteiger partial charge in [-0.2, -0.15) is 8.42 Å². The Labute approximate surface area is 109 Å². The van der Waals surface area contributed by atoms with Crippen molar-refractivity contribution in [3.8, 4) is 0 Å². The Bertz CT molecular complexity index is 107. The number of rotatable bonds is 0. The molecule has 6 heteroatoms. The van der Waals surface area contributed by atoms with Crippen LogP contribution in [-0.2, 0) is 10.1 Å². The maximum Gasteiger partial charge on any atom is 2.00 e. The Morgan fingerprint density at radius 2 is 1.43 bits per heavy atom. The minimum absolute atomic E-state index is 0. The van der Waals surface area contributed by atoms with Crippen molar-refractivity contribution < 1.29 is 18.7 Å². The van der Waals surface area contributed by atoms with Gasteiger partial charge in [-0.05, 0) is 0 Å². The van der Waals surface area contributed by atoms with Gasteiger partial charge in [-0.1, -0.05) is 0 Å². The molecule has 0 amide bonds. The first-order valence-electron chi connectivity index (χ1n) is 0.924. The Balaban J connectivity index is -0.00000000533. The predicted octanol–water partition coefficient (Wildman–Crippen LogP) is -0.808. The second kappa shape index (κ2) is 6.55. The van der Waals surface area contributed by atoms with Crippen LogP contribution in [0.5, 0.6) is 0 Å². The van der Waals surface area contributed by atoms with E-state index < -0.39 is 10.1 Å². The van der Waals surface area contributed by atoms with Crippen LogP contribution in [0.2, 0.25) is 0 Å². The molecular weight excluding hydrogens is 172 g/mol. The molecular formula is CH8Ca2O3S. The van der Waals surface area contributed by atoms with E-state index in [-0.39, 0.29) is 81.2 Å². The molecule has 0 aromatic heterocycles. The normalized spacial score (nSPS) is 8.29. The van der Waals surface area contributed by atoms with E-state index in [1.54, 1.807) is 0 Å². The summed E-state index contributed by atoms with van der Waals surface area (Å²) < 4.78 is 25.9. The predicted molar refractivity (Wildman–Crippen MR) is 33.4 cm³/mol. The largest absolute Gasteiger partial charge is 2.00 e. The van der Waals surface area contributed by atoms with Crippen LogP contribution in [0, 0.1) is 0 Å². The van der Waals surface area contributed by atoms with Crippen LogP contribution in [-0.4, -0.2) is 94.7 Å². The van der Waals surface area contributed by atoms with Crippen LogP contribution in [0.1, 0.15) is 5.71 Å². The maximum absolute atomic E-state index is 9.19. The number of hydrogen-bond acceptors (Lipinski definition) is 2. The summed E-state index contributed by atoms with van der Waals surface area (Å²) in [7, 11) is -3.67. The first kappa shape index (κ1) is 16.2. The van der Waals surface area contributed by atoms with Crippen molar-refractivity contribution in [2.24, 2.45) is 0 Å². The standard InChI is InChI=1S/CH4O3S.2Ca.4H/c1-5(2,3)4;;;;;;/h1H3,(H,2,3,4);;;;;;/q;2*+2;4*-1. The Kier molecular flexibility index (Phi) is 15.2. The van der Waals surface area contributed by atoms with Crippen LogP contribution in [0.15, 0.2) is 0 Å². The molecule has 0 fully saturated rings. The van der Waals surface area contributed by atoms with Crippen molar-refractivity contribution >= 4 is 85.6 Å². The van der Waals surface area contributed by atoms with Gasteiger partial charge in [0.05, 0.1) is 6.26 Å². The fourth-order valence-electron chi connectivity index (χ4n) is 0. The van der Waals surface area contributed by atoms with E-state index >= 15 is 0 Å². The molecule has 0 aliphatic carbocycles. The van der Waals surface area contributed by atoms with Gasteiger partial charge in [0.1, 0.15) is 0 Å². The fraction of sp³-hybridized carbons (Fsp3) is 1.00. The fourth-order valence-corrected chi connectivity index (χ4v) is 0. The molecule has 0 radical (unpaired) electrons. The SMILES string of the molecule is CS(=O)(=O)O.[Ca+2].[Ca+2].[H-].[H-].[H-].[H-]. The molecule has 0 bridgehead atoms. The molecule has 0 atom stereocenters. The summed E-state index contributed by atoms with van der Waals surface area (Å²) in [4.78, 5) is 0. The molecule has 0 heterocycles. The van der Waals surface area contributed by atoms with Gasteiger partial charge < -0.3 is 5.71 Å². The molecule has 40 valence electrons. The molecule has 0 aliphatic rings. The van der Waals surface area contributed by atoms with Crippen LogP contribution < -0.4 is 0 Å². The van der Waals surface area contributed by atoms with Crippen LogP contribution in [0.25, 0.3) is 0 Å². The molecule has 0 rings (SSSR count). The Hall–Kier alpha value is 2.43. The van der Waals surface area contributed by atoms with Crippen molar-refractivity contribution in [2.75, 3.05) is 6.26 Å². The van der Waals surface area contributed by atoms with Gasteiger partial charge in [0, 0.05) is 0 Å². The molecule has 0 aliphatic heterocycles. The summed E-state index contributed by atoms with van der Waals surface area (Å²) in [6.45, 7) is 0. The molecule has 0 spiro atoms. The zero-order valence-electron chi connectivity index (χ0n) is 8.09. The minimum Gasteiger partial charge on any atom is -1.00 e. The average Bonchev–Trinajstić information content (AvgIpc) is 0.722. The van der Waals surface area contributed by atoms with E-state index in [0.29, 0.717) is 6.26 Å². The summed E-state index contributed by atoms with van der Waals surface area (Å²) in [5.41, 5.74) is 0. The van der Waals surface area contributed by atoms with Gasteiger partial charge in [-0.25, -0.2) is 0 Å². The van der Waals surface area contributed by atoms with Crippen molar-refractivity contribution in [3.63, 3.8) is 0 Å². The van der Waals surface area contributed by atoms with Crippen LogP contribution in [0.4, 0.5) is 0 Å². The Morgan fingerprint density at radius 3 is 1.43 bits per heavy atom. The van der Waals surface area contributed by atoms with Crippen LogP contribution >= 0.6 is 0 Å². The van der Waals surface area contributed by atoms with Crippen molar-refractivity contribution in [2.45, 2.75) is 0 Å². The van der Waals surface area contributed by atoms with Crippen molar-refractivity contribution in [1.82, 2.24) is 0 Å². The van der Waals surface area contributed by atoms with Gasteiger partial charge >= 0.3 is 75.5 Å². The third kappa shape index (κ3) is 59.0. The molecule has 0 aromatic carbocycles. The molecule has 1 N–H and O–H groups in total. The summed E-state index contributed by atoms with van der Waals surface area (Å²) in [6.07, 6.45) is 0.715. The maximum atomic E-state index is 9.19. The molecule has 0 unspecified atom stereocenters. The third-order valence-electron chi connectivity index (χ3n) is 0. The molecule has 0 saturated heterocycles. The van der Waals surface area contributed by atoms with Gasteiger partial charge in [0.15, 0.2) is 0 Å².